The van der Waals surface area contributed by atoms with Gasteiger partial charge in [0.1, 0.15) is 0 Å². The molecule has 0 saturated carbocycles. The van der Waals surface area contributed by atoms with E-state index < -0.39 is 13.0 Å². The Bertz CT molecular complexity index is 488. The van der Waals surface area contributed by atoms with Crippen LogP contribution in [0.3, 0.4) is 0 Å². The molecule has 0 spiro atoms. The number of hydrogen-bond donors (Lipinski definition) is 2. The second kappa shape index (κ2) is 9.01. The first-order valence-corrected chi connectivity index (χ1v) is 9.46. The third-order valence-corrected chi connectivity index (χ3v) is 6.07. The van der Waals surface area contributed by atoms with Crippen LogP contribution in [-0.4, -0.2) is 22.0 Å². The summed E-state index contributed by atoms with van der Waals surface area (Å²) < 4.78 is 12.7. The molecule has 0 fully saturated rings. The van der Waals surface area contributed by atoms with Crippen molar-refractivity contribution in [2.45, 2.75) is 51.6 Å². The fourth-order valence-corrected chi connectivity index (χ4v) is 4.59. The van der Waals surface area contributed by atoms with Crippen molar-refractivity contribution in [3.05, 3.63) is 35.9 Å². The van der Waals surface area contributed by atoms with Gasteiger partial charge in [-0.25, -0.2) is 0 Å². The molecule has 0 bridgehead atoms. The SMILES string of the molecule is CCCCCCP(=O)(O)C(CC(C)=NO)c1ccccc1. The minimum absolute atomic E-state index is 0.308. The summed E-state index contributed by atoms with van der Waals surface area (Å²) in [6.07, 6.45) is 4.57. The maximum Gasteiger partial charge on any atom is 0.208 e. The highest BCUT2D eigenvalue weighted by Crippen LogP contribution is 2.57. The Morgan fingerprint density at radius 3 is 2.48 bits per heavy atom. The summed E-state index contributed by atoms with van der Waals surface area (Å²) in [4.78, 5) is 10.5. The topological polar surface area (TPSA) is 69.9 Å². The monoisotopic (exact) mass is 311 g/mol. The number of unbranched alkanes of at least 4 members (excludes halogenated alkanes) is 3. The summed E-state index contributed by atoms with van der Waals surface area (Å²) in [5.74, 6) is 0. The van der Waals surface area contributed by atoms with Crippen LogP contribution in [0.4, 0.5) is 0 Å². The Kier molecular flexibility index (Phi) is 7.69. The summed E-state index contributed by atoms with van der Waals surface area (Å²) in [5.41, 5.74) is 0.824. The standard InChI is InChI=1S/C16H26NO3P/c1-3-4-5-9-12-21(19,20)16(13-14(2)17-18)15-10-7-6-8-11-15/h6-8,10-11,16,18H,3-5,9,12-13H2,1-2H3,(H,19,20). The predicted octanol–water partition coefficient (Wildman–Crippen LogP) is 4.82. The first-order valence-electron chi connectivity index (χ1n) is 7.55. The van der Waals surface area contributed by atoms with Crippen molar-refractivity contribution in [1.29, 1.82) is 0 Å². The maximum atomic E-state index is 12.7. The number of benzene rings is 1. The number of rotatable bonds is 9. The minimum Gasteiger partial charge on any atom is -0.411 e. The Hall–Kier alpha value is -1.12. The molecule has 2 atom stereocenters. The second-order valence-electron chi connectivity index (χ2n) is 5.51. The van der Waals surface area contributed by atoms with Gasteiger partial charge in [-0.2, -0.15) is 0 Å². The van der Waals surface area contributed by atoms with Crippen LogP contribution in [0.5, 0.6) is 0 Å². The van der Waals surface area contributed by atoms with Gasteiger partial charge < -0.3 is 10.1 Å². The first-order chi connectivity index (χ1) is 10.0. The van der Waals surface area contributed by atoms with Crippen molar-refractivity contribution in [3.63, 3.8) is 0 Å². The van der Waals surface area contributed by atoms with Crippen LogP contribution in [0, 0.1) is 0 Å². The smallest absolute Gasteiger partial charge is 0.208 e. The zero-order chi connectivity index (χ0) is 15.7. The Morgan fingerprint density at radius 2 is 1.90 bits per heavy atom. The molecule has 0 amide bonds. The summed E-state index contributed by atoms with van der Waals surface area (Å²) in [7, 11) is -3.32. The molecular weight excluding hydrogens is 285 g/mol. The van der Waals surface area contributed by atoms with E-state index in [-0.39, 0.29) is 0 Å². The normalized spacial score (nSPS) is 16.4. The van der Waals surface area contributed by atoms with Crippen LogP contribution < -0.4 is 0 Å². The third-order valence-electron chi connectivity index (χ3n) is 3.66. The third kappa shape index (κ3) is 6.03. The molecule has 0 saturated heterocycles. The number of hydrogen-bond acceptors (Lipinski definition) is 3. The predicted molar refractivity (Wildman–Crippen MR) is 87.5 cm³/mol. The van der Waals surface area contributed by atoms with Gasteiger partial charge in [-0.1, -0.05) is 61.7 Å². The van der Waals surface area contributed by atoms with Gasteiger partial charge in [-0.05, 0) is 18.9 Å². The van der Waals surface area contributed by atoms with E-state index in [2.05, 4.69) is 12.1 Å². The first kappa shape index (κ1) is 17.9. The van der Waals surface area contributed by atoms with Gasteiger partial charge in [0, 0.05) is 12.6 Å². The zero-order valence-corrected chi connectivity index (χ0v) is 13.8. The molecule has 2 N–H and O–H groups in total. The van der Waals surface area contributed by atoms with Crippen LogP contribution in [0.2, 0.25) is 0 Å². The lowest BCUT2D eigenvalue weighted by molar-refractivity contribution is 0.317. The van der Waals surface area contributed by atoms with Crippen molar-refractivity contribution in [2.24, 2.45) is 5.16 Å². The lowest BCUT2D eigenvalue weighted by atomic mass is 10.1. The molecule has 1 rings (SSSR count). The quantitative estimate of drug-likeness (QED) is 0.226. The highest BCUT2D eigenvalue weighted by atomic mass is 31.2. The fourth-order valence-electron chi connectivity index (χ4n) is 2.41. The molecule has 0 radical (unpaired) electrons. The summed E-state index contributed by atoms with van der Waals surface area (Å²) >= 11 is 0. The molecule has 118 valence electrons. The molecule has 2 unspecified atom stereocenters. The highest BCUT2D eigenvalue weighted by Gasteiger charge is 2.32. The van der Waals surface area contributed by atoms with Crippen LogP contribution >= 0.6 is 7.37 Å². The van der Waals surface area contributed by atoms with Gasteiger partial charge >= 0.3 is 0 Å². The zero-order valence-electron chi connectivity index (χ0n) is 12.9. The summed E-state index contributed by atoms with van der Waals surface area (Å²) in [6, 6.07) is 9.35. The van der Waals surface area contributed by atoms with E-state index in [1.807, 2.05) is 30.3 Å². The number of oxime groups is 1. The largest absolute Gasteiger partial charge is 0.411 e. The molecule has 1 aromatic carbocycles. The molecular formula is C16H26NO3P. The molecule has 5 heteroatoms. The van der Waals surface area contributed by atoms with Crippen molar-refractivity contribution >= 4 is 13.1 Å². The van der Waals surface area contributed by atoms with Crippen LogP contribution in [0.1, 0.15) is 57.2 Å². The average molecular weight is 311 g/mol. The molecule has 0 aliphatic heterocycles. The number of nitrogens with zero attached hydrogens (tertiary/aromatic N) is 1. The molecule has 1 aromatic rings. The van der Waals surface area contributed by atoms with Gasteiger partial charge in [0.25, 0.3) is 0 Å². The maximum absolute atomic E-state index is 12.7. The van der Waals surface area contributed by atoms with Gasteiger partial charge in [-0.3, -0.25) is 4.57 Å². The Labute approximate surface area is 127 Å². The van der Waals surface area contributed by atoms with E-state index in [9.17, 15) is 9.46 Å². The van der Waals surface area contributed by atoms with Crippen molar-refractivity contribution in [1.82, 2.24) is 0 Å². The van der Waals surface area contributed by atoms with Crippen molar-refractivity contribution in [2.75, 3.05) is 6.16 Å². The molecule has 0 aliphatic rings. The van der Waals surface area contributed by atoms with Gasteiger partial charge in [0.05, 0.1) is 11.4 Å². The Balaban J connectivity index is 2.87. The van der Waals surface area contributed by atoms with E-state index in [1.165, 1.54) is 0 Å². The van der Waals surface area contributed by atoms with Crippen molar-refractivity contribution < 1.29 is 14.7 Å². The lowest BCUT2D eigenvalue weighted by Crippen LogP contribution is -2.08. The van der Waals surface area contributed by atoms with E-state index >= 15 is 0 Å². The molecule has 0 heterocycles. The average Bonchev–Trinajstić information content (AvgIpc) is 2.49. The fraction of sp³-hybridized carbons (Fsp3) is 0.562. The molecule has 21 heavy (non-hydrogen) atoms. The van der Waals surface area contributed by atoms with Gasteiger partial charge in [0.15, 0.2) is 0 Å². The van der Waals surface area contributed by atoms with Gasteiger partial charge in [0.2, 0.25) is 7.37 Å². The molecule has 0 aromatic heterocycles. The lowest BCUT2D eigenvalue weighted by Gasteiger charge is -2.23. The van der Waals surface area contributed by atoms with Gasteiger partial charge in [-0.15, -0.1) is 0 Å². The molecule has 4 nitrogen and oxygen atoms in total. The molecule has 0 aliphatic carbocycles. The van der Waals surface area contributed by atoms with E-state index in [4.69, 9.17) is 5.21 Å². The van der Waals surface area contributed by atoms with Crippen LogP contribution in [0.25, 0.3) is 0 Å². The summed E-state index contributed by atoms with van der Waals surface area (Å²) in [6.45, 7) is 3.79. The highest BCUT2D eigenvalue weighted by molar-refractivity contribution is 7.58. The Morgan fingerprint density at radius 1 is 1.24 bits per heavy atom. The minimum atomic E-state index is -3.32. The van der Waals surface area contributed by atoms with Crippen molar-refractivity contribution in [3.8, 4) is 0 Å². The van der Waals surface area contributed by atoms with E-state index in [0.29, 0.717) is 18.3 Å². The van der Waals surface area contributed by atoms with E-state index in [0.717, 1.165) is 31.2 Å². The van der Waals surface area contributed by atoms with E-state index in [1.54, 1.807) is 6.92 Å². The van der Waals surface area contributed by atoms with Crippen LogP contribution in [-0.2, 0) is 4.57 Å². The van der Waals surface area contributed by atoms with Crippen LogP contribution in [0.15, 0.2) is 35.5 Å². The summed E-state index contributed by atoms with van der Waals surface area (Å²) in [5, 5.41) is 12.0. The second-order valence-corrected chi connectivity index (χ2v) is 8.09.